The SMILES string of the molecule is CCCCCCCCCCCCCCC(=O)C(=O)NCCCC(=O)OCc1ccccc1. The van der Waals surface area contributed by atoms with Crippen LogP contribution < -0.4 is 5.32 Å². The van der Waals surface area contributed by atoms with Crippen LogP contribution in [0.3, 0.4) is 0 Å². The molecular formula is C27H43NO4. The number of carbonyl (C=O) groups excluding carboxylic acids is 3. The molecule has 0 bridgehead atoms. The minimum atomic E-state index is -0.536. The number of hydrogen-bond donors (Lipinski definition) is 1. The highest BCUT2D eigenvalue weighted by Gasteiger charge is 2.12. The lowest BCUT2D eigenvalue weighted by Gasteiger charge is -2.06. The van der Waals surface area contributed by atoms with Crippen molar-refractivity contribution in [3.8, 4) is 0 Å². The molecule has 0 heterocycles. The molecule has 5 nitrogen and oxygen atoms in total. The van der Waals surface area contributed by atoms with Crippen molar-refractivity contribution >= 4 is 17.7 Å². The predicted molar refractivity (Wildman–Crippen MR) is 129 cm³/mol. The van der Waals surface area contributed by atoms with Crippen molar-refractivity contribution in [3.63, 3.8) is 0 Å². The number of ether oxygens (including phenoxy) is 1. The topological polar surface area (TPSA) is 72.5 Å². The van der Waals surface area contributed by atoms with Gasteiger partial charge in [0.15, 0.2) is 0 Å². The van der Waals surface area contributed by atoms with Gasteiger partial charge in [0.25, 0.3) is 5.91 Å². The Morgan fingerprint density at radius 2 is 1.28 bits per heavy atom. The van der Waals surface area contributed by atoms with E-state index in [9.17, 15) is 14.4 Å². The number of nitrogens with one attached hydrogen (secondary N) is 1. The summed E-state index contributed by atoms with van der Waals surface area (Å²) in [6.45, 7) is 2.81. The third-order valence-corrected chi connectivity index (χ3v) is 5.60. The number of ketones is 1. The highest BCUT2D eigenvalue weighted by atomic mass is 16.5. The Hall–Kier alpha value is -2.17. The van der Waals surface area contributed by atoms with E-state index in [2.05, 4.69) is 12.2 Å². The zero-order valence-electron chi connectivity index (χ0n) is 20.0. The molecule has 180 valence electrons. The summed E-state index contributed by atoms with van der Waals surface area (Å²) in [6.07, 6.45) is 15.8. The number of Topliss-reactive ketones (excluding diaryl/α,β-unsaturated/α-hetero) is 1. The van der Waals surface area contributed by atoms with E-state index in [1.807, 2.05) is 30.3 Å². The molecule has 0 aromatic heterocycles. The summed E-state index contributed by atoms with van der Waals surface area (Å²) in [5.74, 6) is -1.19. The molecule has 0 aliphatic heterocycles. The number of hydrogen-bond acceptors (Lipinski definition) is 4. The smallest absolute Gasteiger partial charge is 0.306 e. The second-order valence-corrected chi connectivity index (χ2v) is 8.57. The maximum atomic E-state index is 11.9. The van der Waals surface area contributed by atoms with Gasteiger partial charge in [0.1, 0.15) is 6.61 Å². The summed E-state index contributed by atoms with van der Waals surface area (Å²) in [5.41, 5.74) is 0.942. The zero-order valence-corrected chi connectivity index (χ0v) is 20.0. The summed E-state index contributed by atoms with van der Waals surface area (Å²) in [4.78, 5) is 35.5. The highest BCUT2D eigenvalue weighted by Crippen LogP contribution is 2.12. The average Bonchev–Trinajstić information content (AvgIpc) is 2.81. The fraction of sp³-hybridized carbons (Fsp3) is 0.667. The van der Waals surface area contributed by atoms with E-state index in [0.717, 1.165) is 24.8 Å². The Kier molecular flexibility index (Phi) is 17.0. The highest BCUT2D eigenvalue weighted by molar-refractivity contribution is 6.36. The predicted octanol–water partition coefficient (Wildman–Crippen LogP) is 6.29. The van der Waals surface area contributed by atoms with Gasteiger partial charge < -0.3 is 10.1 Å². The summed E-state index contributed by atoms with van der Waals surface area (Å²) in [7, 11) is 0. The first kappa shape index (κ1) is 27.9. The van der Waals surface area contributed by atoms with Gasteiger partial charge in [-0.3, -0.25) is 14.4 Å². The van der Waals surface area contributed by atoms with Gasteiger partial charge in [-0.25, -0.2) is 0 Å². The van der Waals surface area contributed by atoms with Crippen molar-refractivity contribution in [3.05, 3.63) is 35.9 Å². The number of benzene rings is 1. The molecule has 1 aromatic rings. The van der Waals surface area contributed by atoms with E-state index in [-0.39, 0.29) is 24.8 Å². The minimum Gasteiger partial charge on any atom is -0.461 e. The van der Waals surface area contributed by atoms with Crippen molar-refractivity contribution in [1.29, 1.82) is 0 Å². The third kappa shape index (κ3) is 15.6. The molecule has 0 saturated heterocycles. The van der Waals surface area contributed by atoms with Crippen molar-refractivity contribution in [2.45, 2.75) is 110 Å². The monoisotopic (exact) mass is 445 g/mol. The first-order valence-corrected chi connectivity index (χ1v) is 12.6. The number of rotatable bonds is 20. The maximum Gasteiger partial charge on any atom is 0.306 e. The van der Waals surface area contributed by atoms with Crippen LogP contribution in [0.15, 0.2) is 30.3 Å². The summed E-state index contributed by atoms with van der Waals surface area (Å²) >= 11 is 0. The van der Waals surface area contributed by atoms with E-state index < -0.39 is 5.91 Å². The Balaban J connectivity index is 1.91. The van der Waals surface area contributed by atoms with Crippen molar-refractivity contribution in [2.24, 2.45) is 0 Å². The number of amides is 1. The van der Waals surface area contributed by atoms with E-state index in [1.165, 1.54) is 57.8 Å². The van der Waals surface area contributed by atoms with Crippen LogP contribution in [0, 0.1) is 0 Å². The van der Waals surface area contributed by atoms with Gasteiger partial charge in [-0.15, -0.1) is 0 Å². The summed E-state index contributed by atoms with van der Waals surface area (Å²) in [5, 5.41) is 2.61. The van der Waals surface area contributed by atoms with Gasteiger partial charge in [-0.05, 0) is 18.4 Å². The van der Waals surface area contributed by atoms with Gasteiger partial charge in [0.05, 0.1) is 0 Å². The van der Waals surface area contributed by atoms with Crippen molar-refractivity contribution < 1.29 is 19.1 Å². The average molecular weight is 446 g/mol. The second-order valence-electron chi connectivity index (χ2n) is 8.57. The molecule has 0 unspecified atom stereocenters. The fourth-order valence-electron chi connectivity index (χ4n) is 3.58. The Morgan fingerprint density at radius 1 is 0.719 bits per heavy atom. The molecule has 0 radical (unpaired) electrons. The standard InChI is InChI=1S/C27H43NO4/c1-2-3-4-5-6-7-8-9-10-11-12-16-20-25(29)27(31)28-22-17-21-26(30)32-23-24-18-14-13-15-19-24/h13-15,18-19H,2-12,16-17,20-23H2,1H3,(H,28,31). The van der Waals surface area contributed by atoms with Crippen LogP contribution in [0.25, 0.3) is 0 Å². The molecular weight excluding hydrogens is 402 g/mol. The molecule has 1 aromatic carbocycles. The van der Waals surface area contributed by atoms with Crippen molar-refractivity contribution in [1.82, 2.24) is 5.32 Å². The fourth-order valence-corrected chi connectivity index (χ4v) is 3.58. The van der Waals surface area contributed by atoms with Crippen LogP contribution in [0.4, 0.5) is 0 Å². The molecule has 0 aliphatic carbocycles. The summed E-state index contributed by atoms with van der Waals surface area (Å²) in [6, 6.07) is 9.50. The molecule has 0 aliphatic rings. The Bertz CT molecular complexity index is 630. The molecule has 0 spiro atoms. The zero-order chi connectivity index (χ0) is 23.3. The van der Waals surface area contributed by atoms with E-state index >= 15 is 0 Å². The number of unbranched alkanes of at least 4 members (excludes halogenated alkanes) is 11. The van der Waals surface area contributed by atoms with E-state index in [0.29, 0.717) is 19.4 Å². The number of esters is 1. The molecule has 1 amide bonds. The Labute approximate surface area is 194 Å². The normalized spacial score (nSPS) is 10.7. The van der Waals surface area contributed by atoms with Gasteiger partial charge >= 0.3 is 5.97 Å². The van der Waals surface area contributed by atoms with E-state index in [4.69, 9.17) is 4.74 Å². The summed E-state index contributed by atoms with van der Waals surface area (Å²) < 4.78 is 5.19. The lowest BCUT2D eigenvalue weighted by Crippen LogP contribution is -2.31. The molecule has 0 atom stereocenters. The largest absolute Gasteiger partial charge is 0.461 e. The molecule has 0 fully saturated rings. The van der Waals surface area contributed by atoms with Gasteiger partial charge in [-0.1, -0.05) is 108 Å². The second kappa shape index (κ2) is 19.5. The quantitative estimate of drug-likeness (QED) is 0.145. The van der Waals surface area contributed by atoms with Crippen LogP contribution >= 0.6 is 0 Å². The van der Waals surface area contributed by atoms with Gasteiger partial charge in [-0.2, -0.15) is 0 Å². The first-order chi connectivity index (χ1) is 15.6. The Morgan fingerprint density at radius 3 is 1.88 bits per heavy atom. The molecule has 0 saturated carbocycles. The lowest BCUT2D eigenvalue weighted by molar-refractivity contribution is -0.145. The van der Waals surface area contributed by atoms with Crippen LogP contribution in [-0.2, 0) is 25.7 Å². The maximum absolute atomic E-state index is 11.9. The van der Waals surface area contributed by atoms with Gasteiger partial charge in [0.2, 0.25) is 5.78 Å². The van der Waals surface area contributed by atoms with Crippen LogP contribution in [0.2, 0.25) is 0 Å². The minimum absolute atomic E-state index is 0.222. The molecule has 32 heavy (non-hydrogen) atoms. The van der Waals surface area contributed by atoms with Crippen molar-refractivity contribution in [2.75, 3.05) is 6.54 Å². The molecule has 5 heteroatoms. The van der Waals surface area contributed by atoms with Crippen LogP contribution in [0.1, 0.15) is 109 Å². The first-order valence-electron chi connectivity index (χ1n) is 12.6. The number of carbonyl (C=O) groups is 3. The van der Waals surface area contributed by atoms with Gasteiger partial charge in [0, 0.05) is 19.4 Å². The lowest BCUT2D eigenvalue weighted by atomic mass is 10.0. The van der Waals surface area contributed by atoms with E-state index in [1.54, 1.807) is 0 Å². The van der Waals surface area contributed by atoms with Crippen LogP contribution in [0.5, 0.6) is 0 Å². The molecule has 1 rings (SSSR count). The van der Waals surface area contributed by atoms with Crippen LogP contribution in [-0.4, -0.2) is 24.2 Å². The third-order valence-electron chi connectivity index (χ3n) is 5.60. The molecule has 1 N–H and O–H groups in total.